The summed E-state index contributed by atoms with van der Waals surface area (Å²) in [5.74, 6) is 1.47. The summed E-state index contributed by atoms with van der Waals surface area (Å²) in [4.78, 5) is 11.1. The van der Waals surface area contributed by atoms with Gasteiger partial charge in [0.1, 0.15) is 5.82 Å². The van der Waals surface area contributed by atoms with Crippen LogP contribution in [0.2, 0.25) is 0 Å². The van der Waals surface area contributed by atoms with Crippen molar-refractivity contribution in [2.45, 2.75) is 38.8 Å². The fourth-order valence-electron chi connectivity index (χ4n) is 3.17. The van der Waals surface area contributed by atoms with E-state index in [-0.39, 0.29) is 18.1 Å². The number of aliphatic hydroxyl groups is 1. The van der Waals surface area contributed by atoms with E-state index >= 15 is 0 Å². The summed E-state index contributed by atoms with van der Waals surface area (Å²) < 4.78 is 0. The van der Waals surface area contributed by atoms with E-state index in [1.165, 1.54) is 11.1 Å². The fourth-order valence-corrected chi connectivity index (χ4v) is 3.17. The maximum absolute atomic E-state index is 9.16. The highest BCUT2D eigenvalue weighted by molar-refractivity contribution is 5.49. The normalized spacial score (nSPS) is 17.5. The average molecular weight is 312 g/mol. The lowest BCUT2D eigenvalue weighted by atomic mass is 9.78. The van der Waals surface area contributed by atoms with Crippen LogP contribution in [0.1, 0.15) is 31.9 Å². The number of aliphatic hydroxyl groups excluding tert-OH is 1. The van der Waals surface area contributed by atoms with Gasteiger partial charge in [0, 0.05) is 30.7 Å². The second-order valence-electron chi connectivity index (χ2n) is 6.86. The largest absolute Gasteiger partial charge is 0.394 e. The number of hydrogen-bond donors (Lipinski definition) is 2. The molecule has 1 aromatic heterocycles. The third kappa shape index (κ3) is 3.29. The molecule has 0 unspecified atom stereocenters. The first-order valence-corrected chi connectivity index (χ1v) is 8.03. The van der Waals surface area contributed by atoms with Gasteiger partial charge in [-0.1, -0.05) is 38.1 Å². The fraction of sp³-hybridized carbons (Fsp3) is 0.444. The quantitative estimate of drug-likeness (QED) is 0.908. The van der Waals surface area contributed by atoms with E-state index in [4.69, 9.17) is 5.11 Å². The maximum atomic E-state index is 9.16. The van der Waals surface area contributed by atoms with Gasteiger partial charge in [0.05, 0.1) is 6.61 Å². The molecule has 122 valence electrons. The first-order chi connectivity index (χ1) is 11.0. The molecule has 0 bridgehead atoms. The van der Waals surface area contributed by atoms with Crippen LogP contribution in [-0.2, 0) is 12.0 Å². The molecule has 3 rings (SSSR count). The summed E-state index contributed by atoms with van der Waals surface area (Å²) in [5.41, 5.74) is 2.84. The van der Waals surface area contributed by atoms with Gasteiger partial charge >= 0.3 is 0 Å². The minimum Gasteiger partial charge on any atom is -0.394 e. The van der Waals surface area contributed by atoms with Gasteiger partial charge in [0.25, 0.3) is 0 Å². The summed E-state index contributed by atoms with van der Waals surface area (Å²) in [6.07, 6.45) is 1.77. The van der Waals surface area contributed by atoms with Gasteiger partial charge < -0.3 is 15.3 Å². The van der Waals surface area contributed by atoms with Crippen molar-refractivity contribution in [3.63, 3.8) is 0 Å². The second-order valence-corrected chi connectivity index (χ2v) is 6.86. The number of anilines is 2. The Kier molecular flexibility index (Phi) is 4.22. The lowest BCUT2D eigenvalue weighted by molar-refractivity contribution is 0.281. The smallest absolute Gasteiger partial charge is 0.224 e. The summed E-state index contributed by atoms with van der Waals surface area (Å²) in [6.45, 7) is 8.26. The average Bonchev–Trinajstić information content (AvgIpc) is 2.54. The number of nitrogens with zero attached hydrogens (tertiary/aromatic N) is 3. The molecular formula is C18H24N4O. The number of hydrogen-bond acceptors (Lipinski definition) is 5. The molecule has 0 saturated carbocycles. The van der Waals surface area contributed by atoms with E-state index in [0.29, 0.717) is 5.95 Å². The van der Waals surface area contributed by atoms with E-state index in [9.17, 15) is 0 Å². The second kappa shape index (κ2) is 6.16. The molecule has 2 N–H and O–H groups in total. The van der Waals surface area contributed by atoms with Gasteiger partial charge in [0.15, 0.2) is 0 Å². The molecule has 0 aliphatic carbocycles. The van der Waals surface area contributed by atoms with Crippen molar-refractivity contribution in [1.82, 2.24) is 9.97 Å². The predicted octanol–water partition coefficient (Wildman–Crippen LogP) is 2.57. The van der Waals surface area contributed by atoms with Crippen molar-refractivity contribution >= 4 is 11.8 Å². The van der Waals surface area contributed by atoms with Gasteiger partial charge in [-0.15, -0.1) is 0 Å². The number of rotatable bonds is 4. The molecule has 0 fully saturated rings. The highest BCUT2D eigenvalue weighted by atomic mass is 16.3. The van der Waals surface area contributed by atoms with Crippen molar-refractivity contribution in [1.29, 1.82) is 0 Å². The minimum atomic E-state index is -0.0660. The standard InChI is InChI=1S/C18H24N4O/c1-13(11-23)20-17-19-9-8-16(21-17)22-10-14-6-4-5-7-15(14)18(2,3)12-22/h4-9,13,23H,10-12H2,1-3H3,(H,19,20,21)/t13-/m1/s1. The van der Waals surface area contributed by atoms with Crippen LogP contribution in [0.5, 0.6) is 0 Å². The Morgan fingerprint density at radius 3 is 2.87 bits per heavy atom. The Hall–Kier alpha value is -2.14. The number of benzene rings is 1. The van der Waals surface area contributed by atoms with Crippen LogP contribution in [0.15, 0.2) is 36.5 Å². The Balaban J connectivity index is 1.87. The molecule has 5 heteroatoms. The van der Waals surface area contributed by atoms with Crippen LogP contribution < -0.4 is 10.2 Å². The van der Waals surface area contributed by atoms with Gasteiger partial charge in [0.2, 0.25) is 5.95 Å². The molecule has 0 amide bonds. The summed E-state index contributed by atoms with van der Waals surface area (Å²) in [5, 5.41) is 12.3. The minimum absolute atomic E-state index is 0.0533. The van der Waals surface area contributed by atoms with E-state index in [2.05, 4.69) is 58.3 Å². The molecule has 2 aromatic rings. The zero-order valence-electron chi connectivity index (χ0n) is 14.0. The topological polar surface area (TPSA) is 61.3 Å². The van der Waals surface area contributed by atoms with Gasteiger partial charge in [-0.25, -0.2) is 4.98 Å². The van der Waals surface area contributed by atoms with Crippen molar-refractivity contribution in [3.8, 4) is 0 Å². The highest BCUT2D eigenvalue weighted by Gasteiger charge is 2.32. The lowest BCUT2D eigenvalue weighted by Crippen LogP contribution is -2.42. The third-order valence-electron chi connectivity index (χ3n) is 4.31. The first kappa shape index (κ1) is 15.7. The molecular weight excluding hydrogens is 288 g/mol. The van der Waals surface area contributed by atoms with Gasteiger partial charge in [-0.2, -0.15) is 4.98 Å². The lowest BCUT2D eigenvalue weighted by Gasteiger charge is -2.40. The molecule has 1 aliphatic rings. The molecule has 0 saturated heterocycles. The summed E-state index contributed by atoms with van der Waals surface area (Å²) in [7, 11) is 0. The van der Waals surface area contributed by atoms with Crippen molar-refractivity contribution in [2.75, 3.05) is 23.4 Å². The van der Waals surface area contributed by atoms with Crippen molar-refractivity contribution < 1.29 is 5.11 Å². The zero-order chi connectivity index (χ0) is 16.4. The van der Waals surface area contributed by atoms with Crippen LogP contribution in [0, 0.1) is 0 Å². The summed E-state index contributed by atoms with van der Waals surface area (Å²) in [6, 6.07) is 10.5. The predicted molar refractivity (Wildman–Crippen MR) is 92.7 cm³/mol. The summed E-state index contributed by atoms with van der Waals surface area (Å²) >= 11 is 0. The van der Waals surface area contributed by atoms with E-state index in [1.54, 1.807) is 6.20 Å². The number of nitrogens with one attached hydrogen (secondary N) is 1. The molecule has 1 aliphatic heterocycles. The zero-order valence-corrected chi connectivity index (χ0v) is 14.0. The van der Waals surface area contributed by atoms with Crippen LogP contribution in [-0.4, -0.2) is 34.3 Å². The molecule has 1 atom stereocenters. The monoisotopic (exact) mass is 312 g/mol. The van der Waals surface area contributed by atoms with Crippen LogP contribution in [0.25, 0.3) is 0 Å². The van der Waals surface area contributed by atoms with E-state index < -0.39 is 0 Å². The van der Waals surface area contributed by atoms with E-state index in [1.807, 2.05) is 13.0 Å². The SMILES string of the molecule is C[C@H](CO)Nc1nccc(N2Cc3ccccc3C(C)(C)C2)n1. The molecule has 2 heterocycles. The van der Waals surface area contributed by atoms with Crippen LogP contribution in [0.4, 0.5) is 11.8 Å². The van der Waals surface area contributed by atoms with Crippen LogP contribution in [0.3, 0.4) is 0 Å². The molecule has 5 nitrogen and oxygen atoms in total. The Labute approximate surface area is 137 Å². The van der Waals surface area contributed by atoms with Gasteiger partial charge in [-0.05, 0) is 24.1 Å². The van der Waals surface area contributed by atoms with E-state index in [0.717, 1.165) is 18.9 Å². The van der Waals surface area contributed by atoms with Crippen molar-refractivity contribution in [3.05, 3.63) is 47.7 Å². The van der Waals surface area contributed by atoms with Crippen LogP contribution >= 0.6 is 0 Å². The van der Waals surface area contributed by atoms with Gasteiger partial charge in [-0.3, -0.25) is 0 Å². The Morgan fingerprint density at radius 2 is 2.09 bits per heavy atom. The number of aromatic nitrogens is 2. The molecule has 0 spiro atoms. The molecule has 0 radical (unpaired) electrons. The maximum Gasteiger partial charge on any atom is 0.224 e. The first-order valence-electron chi connectivity index (χ1n) is 8.03. The Morgan fingerprint density at radius 1 is 1.30 bits per heavy atom. The highest BCUT2D eigenvalue weighted by Crippen LogP contribution is 2.34. The third-order valence-corrected chi connectivity index (χ3v) is 4.31. The molecule has 1 aromatic carbocycles. The Bertz CT molecular complexity index is 686. The number of fused-ring (bicyclic) bond motifs is 1. The van der Waals surface area contributed by atoms with Crippen molar-refractivity contribution in [2.24, 2.45) is 0 Å². The molecule has 23 heavy (non-hydrogen) atoms.